The topological polar surface area (TPSA) is 70.0 Å². The second-order valence-corrected chi connectivity index (χ2v) is 12.9. The van der Waals surface area contributed by atoms with Crippen molar-refractivity contribution >= 4 is 6.09 Å². The Morgan fingerprint density at radius 3 is 2.36 bits per heavy atom. The fraction of sp³-hybridized carbons (Fsp3) is 0.964. The number of nitrogens with zero attached hydrogens (tertiary/aromatic N) is 1. The highest BCUT2D eigenvalue weighted by atomic mass is 16.6. The van der Waals surface area contributed by atoms with Gasteiger partial charge in [-0.3, -0.25) is 0 Å². The average molecular weight is 464 g/mol. The lowest BCUT2D eigenvalue weighted by Crippen LogP contribution is -2.62. The molecule has 0 heterocycles. The summed E-state index contributed by atoms with van der Waals surface area (Å²) in [6.45, 7) is 10.1. The third-order valence-electron chi connectivity index (χ3n) is 11.3. The smallest absolute Gasteiger partial charge is 0.409 e. The second-order valence-electron chi connectivity index (χ2n) is 12.9. The molecule has 0 aromatic heterocycles. The van der Waals surface area contributed by atoms with Crippen LogP contribution < -0.4 is 0 Å². The molecule has 2 N–H and O–H groups in total. The number of ether oxygens (including phenoxy) is 1. The number of amides is 1. The molecule has 33 heavy (non-hydrogen) atoms. The molecule has 5 nitrogen and oxygen atoms in total. The van der Waals surface area contributed by atoms with Gasteiger partial charge in [0.05, 0.1) is 18.8 Å². The molecule has 1 unspecified atom stereocenters. The predicted octanol–water partition coefficient (Wildman–Crippen LogP) is 5.34. The van der Waals surface area contributed by atoms with E-state index in [2.05, 4.69) is 27.7 Å². The fourth-order valence-corrected chi connectivity index (χ4v) is 9.59. The summed E-state index contributed by atoms with van der Waals surface area (Å²) in [5, 5.41) is 22.3. The fourth-order valence-electron chi connectivity index (χ4n) is 9.59. The Labute approximate surface area is 201 Å². The third-order valence-corrected chi connectivity index (χ3v) is 11.3. The van der Waals surface area contributed by atoms with Crippen molar-refractivity contribution in [1.29, 1.82) is 0 Å². The predicted molar refractivity (Wildman–Crippen MR) is 131 cm³/mol. The van der Waals surface area contributed by atoms with Gasteiger partial charge in [0, 0.05) is 14.1 Å². The van der Waals surface area contributed by atoms with Gasteiger partial charge in [-0.15, -0.1) is 0 Å². The van der Waals surface area contributed by atoms with Crippen molar-refractivity contribution in [2.24, 2.45) is 52.3 Å². The van der Waals surface area contributed by atoms with E-state index in [4.69, 9.17) is 4.74 Å². The van der Waals surface area contributed by atoms with Gasteiger partial charge in [0.25, 0.3) is 0 Å². The first-order valence-electron chi connectivity index (χ1n) is 13.7. The van der Waals surface area contributed by atoms with Crippen molar-refractivity contribution in [2.75, 3.05) is 20.7 Å². The van der Waals surface area contributed by atoms with Crippen LogP contribution in [0.15, 0.2) is 0 Å². The minimum Gasteiger partial charge on any atom is -0.449 e. The molecule has 0 saturated heterocycles. The molecule has 190 valence electrons. The standard InChI is InChI=1S/C28H49NO4/c1-7-19-23-16-18(30)10-13-28(23,4)22-11-14-27(3)20(8-9-21(27)24(22)25(19)31)17(2)12-15-33-26(32)29(5)6/h17-25,30-31H,7-16H2,1-6H3/t17-,18-,19-,20-,21+,22+,23+,24+,25-,27?,28-/m1/s1. The Morgan fingerprint density at radius 1 is 1.03 bits per heavy atom. The van der Waals surface area contributed by atoms with Crippen LogP contribution in [0.5, 0.6) is 0 Å². The molecule has 0 aromatic carbocycles. The molecule has 4 aliphatic rings. The Morgan fingerprint density at radius 2 is 1.70 bits per heavy atom. The lowest BCUT2D eigenvalue weighted by Gasteiger charge is -2.64. The Kier molecular flexibility index (Phi) is 7.15. The molecule has 0 bridgehead atoms. The first-order valence-corrected chi connectivity index (χ1v) is 13.7. The molecule has 5 heteroatoms. The molecule has 4 rings (SSSR count). The van der Waals surface area contributed by atoms with Crippen LogP contribution in [0.1, 0.15) is 85.5 Å². The van der Waals surface area contributed by atoms with Crippen LogP contribution in [0.3, 0.4) is 0 Å². The molecule has 0 aliphatic heterocycles. The van der Waals surface area contributed by atoms with E-state index in [1.54, 1.807) is 14.1 Å². The Hall–Kier alpha value is -0.810. The van der Waals surface area contributed by atoms with Crippen LogP contribution in [0.4, 0.5) is 4.79 Å². The molecule has 11 atom stereocenters. The zero-order valence-electron chi connectivity index (χ0n) is 21.9. The quantitative estimate of drug-likeness (QED) is 0.578. The van der Waals surface area contributed by atoms with Gasteiger partial charge in [0.2, 0.25) is 0 Å². The Bertz CT molecular complexity index is 712. The zero-order chi connectivity index (χ0) is 24.1. The van der Waals surface area contributed by atoms with Gasteiger partial charge in [-0.2, -0.15) is 0 Å². The summed E-state index contributed by atoms with van der Waals surface area (Å²) in [6.07, 6.45) is 9.09. The first-order chi connectivity index (χ1) is 15.5. The summed E-state index contributed by atoms with van der Waals surface area (Å²) in [5.74, 6) is 3.48. The summed E-state index contributed by atoms with van der Waals surface area (Å²) in [4.78, 5) is 13.3. The summed E-state index contributed by atoms with van der Waals surface area (Å²) >= 11 is 0. The molecule has 0 aromatic rings. The summed E-state index contributed by atoms with van der Waals surface area (Å²) in [7, 11) is 3.45. The van der Waals surface area contributed by atoms with Gasteiger partial charge in [-0.1, -0.05) is 34.1 Å². The normalized spacial score (nSPS) is 47.8. The van der Waals surface area contributed by atoms with E-state index in [0.29, 0.717) is 48.0 Å². The molecular formula is C28H49NO4. The third kappa shape index (κ3) is 4.13. The summed E-state index contributed by atoms with van der Waals surface area (Å²) in [5.41, 5.74) is 0.526. The summed E-state index contributed by atoms with van der Waals surface area (Å²) in [6, 6.07) is 0. The van der Waals surface area contributed by atoms with Crippen molar-refractivity contribution in [2.45, 2.75) is 97.7 Å². The number of fused-ring (bicyclic) bond motifs is 5. The number of aliphatic hydroxyl groups is 2. The van der Waals surface area contributed by atoms with Crippen molar-refractivity contribution in [1.82, 2.24) is 4.90 Å². The average Bonchev–Trinajstić information content (AvgIpc) is 3.12. The largest absolute Gasteiger partial charge is 0.449 e. The zero-order valence-corrected chi connectivity index (χ0v) is 21.9. The molecular weight excluding hydrogens is 414 g/mol. The summed E-state index contributed by atoms with van der Waals surface area (Å²) < 4.78 is 5.44. The van der Waals surface area contributed by atoms with E-state index in [0.717, 1.165) is 32.1 Å². The Balaban J connectivity index is 1.52. The van der Waals surface area contributed by atoms with Gasteiger partial charge < -0.3 is 19.8 Å². The number of hydrogen-bond donors (Lipinski definition) is 2. The molecule has 4 aliphatic carbocycles. The SMILES string of the molecule is CC[C@H]1[C@@H](O)[C@H]2[C@@H]3CC[C@H]([C@H](C)CCOC(=O)N(C)C)C3(C)CC[C@@H]2[C@@]2(C)CC[C@@H](O)C[C@@H]12. The van der Waals surface area contributed by atoms with E-state index >= 15 is 0 Å². The van der Waals surface area contributed by atoms with Crippen LogP contribution in [-0.2, 0) is 4.74 Å². The molecule has 4 saturated carbocycles. The van der Waals surface area contributed by atoms with Gasteiger partial charge in [0.15, 0.2) is 0 Å². The maximum atomic E-state index is 11.8. The number of aliphatic hydroxyl groups excluding tert-OH is 2. The second kappa shape index (κ2) is 9.33. The number of hydrogen-bond acceptors (Lipinski definition) is 4. The van der Waals surface area contributed by atoms with Crippen LogP contribution in [-0.4, -0.2) is 54.1 Å². The molecule has 1 amide bonds. The molecule has 0 spiro atoms. The van der Waals surface area contributed by atoms with Crippen molar-refractivity contribution in [3.05, 3.63) is 0 Å². The number of rotatable bonds is 5. The van der Waals surface area contributed by atoms with Crippen molar-refractivity contribution in [3.8, 4) is 0 Å². The van der Waals surface area contributed by atoms with Crippen molar-refractivity contribution in [3.63, 3.8) is 0 Å². The van der Waals surface area contributed by atoms with Crippen LogP contribution in [0, 0.1) is 52.3 Å². The highest BCUT2D eigenvalue weighted by molar-refractivity contribution is 5.66. The van der Waals surface area contributed by atoms with Gasteiger partial charge in [-0.25, -0.2) is 4.79 Å². The highest BCUT2D eigenvalue weighted by Crippen LogP contribution is 2.69. The maximum Gasteiger partial charge on any atom is 0.409 e. The minimum absolute atomic E-state index is 0.187. The van der Waals surface area contributed by atoms with Gasteiger partial charge in [0.1, 0.15) is 0 Å². The highest BCUT2D eigenvalue weighted by Gasteiger charge is 2.64. The van der Waals surface area contributed by atoms with E-state index < -0.39 is 0 Å². The monoisotopic (exact) mass is 463 g/mol. The molecule has 0 radical (unpaired) electrons. The van der Waals surface area contributed by atoms with E-state index in [9.17, 15) is 15.0 Å². The lowest BCUT2D eigenvalue weighted by atomic mass is 9.41. The maximum absolute atomic E-state index is 11.8. The number of carbonyl (C=O) groups excluding carboxylic acids is 1. The minimum atomic E-state index is -0.255. The van der Waals surface area contributed by atoms with E-state index in [1.165, 1.54) is 30.6 Å². The van der Waals surface area contributed by atoms with Gasteiger partial charge >= 0.3 is 6.09 Å². The van der Waals surface area contributed by atoms with E-state index in [-0.39, 0.29) is 29.1 Å². The van der Waals surface area contributed by atoms with Crippen LogP contribution in [0.25, 0.3) is 0 Å². The van der Waals surface area contributed by atoms with E-state index in [1.807, 2.05) is 0 Å². The van der Waals surface area contributed by atoms with Crippen LogP contribution in [0.2, 0.25) is 0 Å². The number of carbonyl (C=O) groups is 1. The first kappa shape index (κ1) is 25.3. The van der Waals surface area contributed by atoms with Gasteiger partial charge in [-0.05, 0) is 104 Å². The molecule has 4 fully saturated rings. The van der Waals surface area contributed by atoms with Crippen molar-refractivity contribution < 1.29 is 19.7 Å². The van der Waals surface area contributed by atoms with Crippen LogP contribution >= 0.6 is 0 Å². The lowest BCUT2D eigenvalue weighted by molar-refractivity contribution is -0.203.